The van der Waals surface area contributed by atoms with Crippen molar-refractivity contribution in [2.75, 3.05) is 11.9 Å². The van der Waals surface area contributed by atoms with Gasteiger partial charge in [-0.05, 0) is 88.3 Å². The van der Waals surface area contributed by atoms with Crippen molar-refractivity contribution in [3.05, 3.63) is 101 Å². The molecule has 0 unspecified atom stereocenters. The molecule has 2 aliphatic rings. The van der Waals surface area contributed by atoms with Gasteiger partial charge in [-0.25, -0.2) is 0 Å². The molecule has 0 spiro atoms. The van der Waals surface area contributed by atoms with Crippen LogP contribution in [0, 0.1) is 6.92 Å². The minimum atomic E-state index is -0.466. The molecule has 0 atom stereocenters. The lowest BCUT2D eigenvalue weighted by Crippen LogP contribution is -2.41. The molecule has 230 valence electrons. The third kappa shape index (κ3) is 5.66. The number of ether oxygens (including phenoxy) is 2. The maximum atomic E-state index is 6.42. The fraction of sp³-hybridized carbons (Fsp3) is 0.333. The summed E-state index contributed by atoms with van der Waals surface area (Å²) < 4.78 is 27.1. The van der Waals surface area contributed by atoms with Crippen molar-refractivity contribution in [3.63, 3.8) is 0 Å². The molecule has 1 fully saturated rings. The third-order valence-electron chi connectivity index (χ3n) is 9.14. The van der Waals surface area contributed by atoms with E-state index in [1.165, 1.54) is 0 Å². The van der Waals surface area contributed by atoms with Crippen molar-refractivity contribution >= 4 is 29.3 Å². The molecule has 4 heterocycles. The maximum absolute atomic E-state index is 6.42. The normalized spacial score (nSPS) is 16.8. The van der Waals surface area contributed by atoms with Crippen LogP contribution >= 0.6 is 0 Å². The van der Waals surface area contributed by atoms with Gasteiger partial charge in [0.15, 0.2) is 0 Å². The summed E-state index contributed by atoms with van der Waals surface area (Å²) in [7, 11) is -0.466. The Kier molecular flexibility index (Phi) is 7.54. The van der Waals surface area contributed by atoms with Crippen molar-refractivity contribution in [3.8, 4) is 17.6 Å². The first-order valence-corrected chi connectivity index (χ1v) is 15.7. The van der Waals surface area contributed by atoms with Crippen LogP contribution in [0.3, 0.4) is 0 Å². The number of rotatable bonds is 8. The topological polar surface area (TPSA) is 79.7 Å². The summed E-state index contributed by atoms with van der Waals surface area (Å²) in [5, 5.41) is 4.65. The lowest BCUT2D eigenvalue weighted by Gasteiger charge is -2.32. The summed E-state index contributed by atoms with van der Waals surface area (Å²) in [5.41, 5.74) is 5.39. The molecule has 1 N–H and O–H groups in total. The number of hydrogen-bond donors (Lipinski definition) is 1. The molecule has 2 aromatic heterocycles. The van der Waals surface area contributed by atoms with Crippen LogP contribution in [-0.4, -0.2) is 39.5 Å². The first kappa shape index (κ1) is 29.4. The quantitative estimate of drug-likeness (QED) is 0.202. The van der Waals surface area contributed by atoms with E-state index in [-0.39, 0.29) is 0 Å². The van der Waals surface area contributed by atoms with E-state index in [9.17, 15) is 0 Å². The smallest absolute Gasteiger partial charge is 0.489 e. The number of nitrogens with zero attached hydrogens (tertiary/aromatic N) is 3. The number of hydrogen-bond acceptors (Lipinski definition) is 7. The van der Waals surface area contributed by atoms with Crippen LogP contribution in [0.5, 0.6) is 11.6 Å². The van der Waals surface area contributed by atoms with Gasteiger partial charge in [0.25, 0.3) is 0 Å². The van der Waals surface area contributed by atoms with Gasteiger partial charge < -0.3 is 24.1 Å². The SMILES string of the molecule is Cc1cc2c(B3OC(C)(C)C(C)(C)O3)cccc2n1-c1nc(NCc2cccc(OCc3ccccc3)c2)c2c(n1)OCCC2. The predicted molar refractivity (Wildman–Crippen MR) is 178 cm³/mol. The summed E-state index contributed by atoms with van der Waals surface area (Å²) >= 11 is 0. The van der Waals surface area contributed by atoms with Gasteiger partial charge in [0.1, 0.15) is 18.2 Å². The van der Waals surface area contributed by atoms with Gasteiger partial charge in [0.2, 0.25) is 11.8 Å². The number of nitrogens with one attached hydrogen (secondary N) is 1. The van der Waals surface area contributed by atoms with Crippen LogP contribution in [0.1, 0.15) is 56.5 Å². The second-order valence-electron chi connectivity index (χ2n) is 12.9. The Hall–Kier alpha value is -4.34. The lowest BCUT2D eigenvalue weighted by atomic mass is 9.77. The van der Waals surface area contributed by atoms with Crippen molar-refractivity contribution in [2.45, 2.75) is 71.8 Å². The van der Waals surface area contributed by atoms with E-state index in [0.717, 1.165) is 63.2 Å². The minimum absolute atomic E-state index is 0.426. The fourth-order valence-electron chi connectivity index (χ4n) is 5.96. The summed E-state index contributed by atoms with van der Waals surface area (Å²) in [6, 6.07) is 26.7. The molecule has 7 rings (SSSR count). The van der Waals surface area contributed by atoms with Crippen LogP contribution in [-0.2, 0) is 28.9 Å². The van der Waals surface area contributed by atoms with E-state index >= 15 is 0 Å². The molecule has 0 radical (unpaired) electrons. The molecule has 0 saturated carbocycles. The van der Waals surface area contributed by atoms with E-state index in [1.807, 2.05) is 36.4 Å². The van der Waals surface area contributed by atoms with Crippen LogP contribution < -0.4 is 20.3 Å². The Balaban J connectivity index is 1.18. The molecule has 3 aromatic carbocycles. The Morgan fingerprint density at radius 1 is 0.889 bits per heavy atom. The maximum Gasteiger partial charge on any atom is 0.495 e. The Bertz CT molecular complexity index is 1840. The first-order chi connectivity index (χ1) is 21.7. The summed E-state index contributed by atoms with van der Waals surface area (Å²) in [6.45, 7) is 12.1. The third-order valence-corrected chi connectivity index (χ3v) is 9.14. The largest absolute Gasteiger partial charge is 0.495 e. The summed E-state index contributed by atoms with van der Waals surface area (Å²) in [6.07, 6.45) is 1.78. The van der Waals surface area contributed by atoms with Crippen LogP contribution in [0.2, 0.25) is 0 Å². The number of aryl methyl sites for hydroxylation is 1. The van der Waals surface area contributed by atoms with Gasteiger partial charge in [-0.15, -0.1) is 0 Å². The fourth-order valence-corrected chi connectivity index (χ4v) is 5.96. The molecular formula is C36H39BN4O4. The Labute approximate surface area is 264 Å². The van der Waals surface area contributed by atoms with E-state index in [0.29, 0.717) is 31.6 Å². The summed E-state index contributed by atoms with van der Waals surface area (Å²) in [5.74, 6) is 2.82. The second-order valence-corrected chi connectivity index (χ2v) is 12.9. The number of fused-ring (bicyclic) bond motifs is 2. The molecule has 45 heavy (non-hydrogen) atoms. The zero-order valence-corrected chi connectivity index (χ0v) is 26.6. The highest BCUT2D eigenvalue weighted by Crippen LogP contribution is 2.38. The molecule has 5 aromatic rings. The zero-order chi connectivity index (χ0) is 31.2. The lowest BCUT2D eigenvalue weighted by molar-refractivity contribution is 0.00578. The van der Waals surface area contributed by atoms with Gasteiger partial charge >= 0.3 is 7.12 Å². The first-order valence-electron chi connectivity index (χ1n) is 15.7. The number of aromatic nitrogens is 3. The Morgan fingerprint density at radius 3 is 2.44 bits per heavy atom. The Morgan fingerprint density at radius 2 is 1.64 bits per heavy atom. The molecule has 0 amide bonds. The highest BCUT2D eigenvalue weighted by atomic mass is 16.7. The van der Waals surface area contributed by atoms with Gasteiger partial charge in [-0.3, -0.25) is 4.57 Å². The standard InChI is InChI=1S/C36H39BN4O4/c1-24-20-29-30(37-44-35(2,3)36(4,5)45-37)17-10-18-31(29)41(24)34-39-32(28-16-11-19-42-33(28)40-34)38-22-26-14-9-15-27(21-26)43-23-25-12-7-6-8-13-25/h6-10,12-15,17-18,20-21H,11,16,19,22-23H2,1-5H3,(H,38,39,40). The predicted octanol–water partition coefficient (Wildman–Crippen LogP) is 6.54. The monoisotopic (exact) mass is 602 g/mol. The van der Waals surface area contributed by atoms with Crippen molar-refractivity contribution in [1.82, 2.24) is 14.5 Å². The van der Waals surface area contributed by atoms with Crippen LogP contribution in [0.4, 0.5) is 5.82 Å². The second kappa shape index (κ2) is 11.5. The minimum Gasteiger partial charge on any atom is -0.489 e. The highest BCUT2D eigenvalue weighted by Gasteiger charge is 2.52. The molecular weight excluding hydrogens is 563 g/mol. The van der Waals surface area contributed by atoms with Gasteiger partial charge in [-0.1, -0.05) is 54.6 Å². The zero-order valence-electron chi connectivity index (χ0n) is 26.6. The van der Waals surface area contributed by atoms with Gasteiger partial charge in [0, 0.05) is 17.6 Å². The van der Waals surface area contributed by atoms with Crippen LogP contribution in [0.25, 0.3) is 16.9 Å². The van der Waals surface area contributed by atoms with E-state index in [2.05, 4.69) is 87.0 Å². The van der Waals surface area contributed by atoms with Crippen molar-refractivity contribution < 1.29 is 18.8 Å². The molecule has 8 nitrogen and oxygen atoms in total. The molecule has 1 saturated heterocycles. The van der Waals surface area contributed by atoms with Crippen LogP contribution in [0.15, 0.2) is 78.9 Å². The van der Waals surface area contributed by atoms with Crippen molar-refractivity contribution in [2.24, 2.45) is 0 Å². The molecule has 0 aliphatic carbocycles. The van der Waals surface area contributed by atoms with E-state index < -0.39 is 18.3 Å². The van der Waals surface area contributed by atoms with E-state index in [4.69, 9.17) is 28.8 Å². The number of anilines is 1. The average Bonchev–Trinajstić information content (AvgIpc) is 3.49. The number of benzene rings is 3. The van der Waals surface area contributed by atoms with E-state index in [1.54, 1.807) is 0 Å². The highest BCUT2D eigenvalue weighted by molar-refractivity contribution is 6.65. The van der Waals surface area contributed by atoms with Crippen molar-refractivity contribution in [1.29, 1.82) is 0 Å². The molecule has 2 aliphatic heterocycles. The van der Waals surface area contributed by atoms with Gasteiger partial charge in [0.05, 0.1) is 28.9 Å². The molecule has 0 bridgehead atoms. The average molecular weight is 603 g/mol. The van der Waals surface area contributed by atoms with Gasteiger partial charge in [-0.2, -0.15) is 9.97 Å². The molecule has 9 heteroatoms. The summed E-state index contributed by atoms with van der Waals surface area (Å²) in [4.78, 5) is 10.0.